The Bertz CT molecular complexity index is 225. The van der Waals surface area contributed by atoms with Crippen LogP contribution in [0.2, 0.25) is 0 Å². The zero-order chi connectivity index (χ0) is 12.3. The lowest BCUT2D eigenvalue weighted by Gasteiger charge is -2.34. The molecule has 2 fully saturated rings. The zero-order valence-electron chi connectivity index (χ0n) is 11.8. The van der Waals surface area contributed by atoms with E-state index in [0.717, 1.165) is 19.1 Å². The van der Waals surface area contributed by atoms with Crippen molar-refractivity contribution in [1.29, 1.82) is 0 Å². The van der Waals surface area contributed by atoms with E-state index in [4.69, 9.17) is 4.74 Å². The molecule has 2 rings (SSSR count). The quantitative estimate of drug-likeness (QED) is 0.718. The Morgan fingerprint density at radius 3 is 2.41 bits per heavy atom. The maximum Gasteiger partial charge on any atom is 0.0594 e. The summed E-state index contributed by atoms with van der Waals surface area (Å²) in [4.78, 5) is 0. The summed E-state index contributed by atoms with van der Waals surface area (Å²) in [5, 5.41) is 3.58. The van der Waals surface area contributed by atoms with Crippen LogP contribution in [0.25, 0.3) is 0 Å². The van der Waals surface area contributed by atoms with Gasteiger partial charge in [0, 0.05) is 12.6 Å². The summed E-state index contributed by atoms with van der Waals surface area (Å²) in [7, 11) is 0. The predicted molar refractivity (Wildman–Crippen MR) is 72.2 cm³/mol. The summed E-state index contributed by atoms with van der Waals surface area (Å²) in [5.41, 5.74) is 0.554. The minimum Gasteiger partial charge on any atom is -0.377 e. The van der Waals surface area contributed by atoms with E-state index in [9.17, 15) is 0 Å². The lowest BCUT2D eigenvalue weighted by Crippen LogP contribution is -2.33. The van der Waals surface area contributed by atoms with Gasteiger partial charge in [-0.3, -0.25) is 0 Å². The molecule has 17 heavy (non-hydrogen) atoms. The molecule has 1 atom stereocenters. The van der Waals surface area contributed by atoms with Gasteiger partial charge in [-0.05, 0) is 56.8 Å². The number of nitrogens with one attached hydrogen (secondary N) is 1. The summed E-state index contributed by atoms with van der Waals surface area (Å²) in [6.07, 6.45) is 8.53. The average molecular weight is 239 g/mol. The monoisotopic (exact) mass is 239 g/mol. The van der Waals surface area contributed by atoms with Crippen molar-refractivity contribution in [1.82, 2.24) is 5.32 Å². The van der Waals surface area contributed by atoms with Gasteiger partial charge in [-0.15, -0.1) is 0 Å². The molecule has 0 saturated heterocycles. The minimum atomic E-state index is 0.529. The average Bonchev–Trinajstić information content (AvgIpc) is 3.09. The lowest BCUT2D eigenvalue weighted by atomic mass is 9.76. The van der Waals surface area contributed by atoms with E-state index < -0.39 is 0 Å². The third kappa shape index (κ3) is 4.59. The Morgan fingerprint density at radius 2 is 1.82 bits per heavy atom. The fourth-order valence-corrected chi connectivity index (χ4v) is 2.81. The van der Waals surface area contributed by atoms with E-state index in [1.54, 1.807) is 0 Å². The van der Waals surface area contributed by atoms with Crippen LogP contribution in [0.5, 0.6) is 0 Å². The SMILES string of the molecule is CC(NCCOC1CCC(C)(C)CC1)C1CC1. The number of rotatable bonds is 6. The molecular weight excluding hydrogens is 210 g/mol. The van der Waals surface area contributed by atoms with E-state index in [-0.39, 0.29) is 0 Å². The Hall–Kier alpha value is -0.0800. The van der Waals surface area contributed by atoms with Crippen LogP contribution in [-0.2, 0) is 4.74 Å². The van der Waals surface area contributed by atoms with Gasteiger partial charge in [0.1, 0.15) is 0 Å². The molecule has 0 spiro atoms. The second-order valence-corrected chi connectivity index (χ2v) is 6.81. The molecule has 0 aromatic rings. The maximum absolute atomic E-state index is 5.96. The van der Waals surface area contributed by atoms with E-state index in [1.807, 2.05) is 0 Å². The van der Waals surface area contributed by atoms with E-state index in [2.05, 4.69) is 26.1 Å². The molecule has 2 aliphatic carbocycles. The molecule has 1 N–H and O–H groups in total. The first-order valence-electron chi connectivity index (χ1n) is 7.42. The third-order valence-corrected chi connectivity index (χ3v) is 4.54. The summed E-state index contributed by atoms with van der Waals surface area (Å²) >= 11 is 0. The fraction of sp³-hybridized carbons (Fsp3) is 1.00. The molecule has 2 aliphatic rings. The van der Waals surface area contributed by atoms with Gasteiger partial charge < -0.3 is 10.1 Å². The van der Waals surface area contributed by atoms with Crippen molar-refractivity contribution >= 4 is 0 Å². The van der Waals surface area contributed by atoms with Crippen LogP contribution < -0.4 is 5.32 Å². The minimum absolute atomic E-state index is 0.529. The molecule has 0 heterocycles. The first-order chi connectivity index (χ1) is 8.07. The van der Waals surface area contributed by atoms with Crippen molar-refractivity contribution in [2.24, 2.45) is 11.3 Å². The van der Waals surface area contributed by atoms with E-state index >= 15 is 0 Å². The van der Waals surface area contributed by atoms with Crippen LogP contribution in [0.4, 0.5) is 0 Å². The van der Waals surface area contributed by atoms with Crippen molar-refractivity contribution in [3.8, 4) is 0 Å². The standard InChI is InChI=1S/C15H29NO/c1-12(13-4-5-13)16-10-11-17-14-6-8-15(2,3)9-7-14/h12-14,16H,4-11H2,1-3H3. The molecule has 100 valence electrons. The molecule has 0 radical (unpaired) electrons. The predicted octanol–water partition coefficient (Wildman–Crippen LogP) is 3.36. The van der Waals surface area contributed by atoms with Crippen LogP contribution in [0, 0.1) is 11.3 Å². The largest absolute Gasteiger partial charge is 0.377 e. The van der Waals surface area contributed by atoms with Gasteiger partial charge in [-0.2, -0.15) is 0 Å². The molecule has 0 amide bonds. The lowest BCUT2D eigenvalue weighted by molar-refractivity contribution is 0.00530. The highest BCUT2D eigenvalue weighted by Gasteiger charge is 2.28. The summed E-state index contributed by atoms with van der Waals surface area (Å²) in [6, 6.07) is 0.698. The highest BCUT2D eigenvalue weighted by Crippen LogP contribution is 2.36. The Labute approximate surface area is 107 Å². The van der Waals surface area contributed by atoms with Gasteiger partial charge in [0.15, 0.2) is 0 Å². The first-order valence-corrected chi connectivity index (χ1v) is 7.42. The highest BCUT2D eigenvalue weighted by molar-refractivity contribution is 4.83. The van der Waals surface area contributed by atoms with Gasteiger partial charge >= 0.3 is 0 Å². The summed E-state index contributed by atoms with van der Waals surface area (Å²) in [6.45, 7) is 8.98. The second kappa shape index (κ2) is 5.71. The molecular formula is C15H29NO. The molecule has 2 nitrogen and oxygen atoms in total. The van der Waals surface area contributed by atoms with Crippen molar-refractivity contribution in [3.63, 3.8) is 0 Å². The van der Waals surface area contributed by atoms with Gasteiger partial charge in [0.05, 0.1) is 12.7 Å². The van der Waals surface area contributed by atoms with Crippen LogP contribution in [-0.4, -0.2) is 25.3 Å². The number of ether oxygens (including phenoxy) is 1. The van der Waals surface area contributed by atoms with Crippen molar-refractivity contribution < 1.29 is 4.74 Å². The molecule has 0 bridgehead atoms. The van der Waals surface area contributed by atoms with Crippen LogP contribution in [0.15, 0.2) is 0 Å². The van der Waals surface area contributed by atoms with Crippen molar-refractivity contribution in [3.05, 3.63) is 0 Å². The van der Waals surface area contributed by atoms with Crippen LogP contribution in [0.1, 0.15) is 59.3 Å². The third-order valence-electron chi connectivity index (χ3n) is 4.54. The molecule has 0 aromatic carbocycles. The van der Waals surface area contributed by atoms with Crippen LogP contribution >= 0.6 is 0 Å². The zero-order valence-corrected chi connectivity index (χ0v) is 11.8. The van der Waals surface area contributed by atoms with Gasteiger partial charge in [-0.1, -0.05) is 13.8 Å². The summed E-state index contributed by atoms with van der Waals surface area (Å²) in [5.74, 6) is 0.950. The molecule has 2 saturated carbocycles. The highest BCUT2D eigenvalue weighted by atomic mass is 16.5. The summed E-state index contributed by atoms with van der Waals surface area (Å²) < 4.78 is 5.96. The molecule has 0 aromatic heterocycles. The second-order valence-electron chi connectivity index (χ2n) is 6.81. The van der Waals surface area contributed by atoms with Crippen LogP contribution in [0.3, 0.4) is 0 Å². The fourth-order valence-electron chi connectivity index (χ4n) is 2.81. The van der Waals surface area contributed by atoms with Gasteiger partial charge in [-0.25, -0.2) is 0 Å². The smallest absolute Gasteiger partial charge is 0.0594 e. The Kier molecular flexibility index (Phi) is 4.48. The van der Waals surface area contributed by atoms with Gasteiger partial charge in [0.25, 0.3) is 0 Å². The van der Waals surface area contributed by atoms with Gasteiger partial charge in [0.2, 0.25) is 0 Å². The Morgan fingerprint density at radius 1 is 1.18 bits per heavy atom. The van der Waals surface area contributed by atoms with E-state index in [0.29, 0.717) is 17.6 Å². The van der Waals surface area contributed by atoms with Crippen molar-refractivity contribution in [2.75, 3.05) is 13.2 Å². The normalized spacial score (nSPS) is 27.0. The molecule has 1 unspecified atom stereocenters. The number of hydrogen-bond acceptors (Lipinski definition) is 2. The molecule has 2 heteroatoms. The number of hydrogen-bond donors (Lipinski definition) is 1. The maximum atomic E-state index is 5.96. The van der Waals surface area contributed by atoms with Crippen molar-refractivity contribution in [2.45, 2.75) is 71.4 Å². The molecule has 0 aliphatic heterocycles. The topological polar surface area (TPSA) is 21.3 Å². The Balaban J connectivity index is 1.50. The first kappa shape index (κ1) is 13.4. The van der Waals surface area contributed by atoms with E-state index in [1.165, 1.54) is 38.5 Å².